The summed E-state index contributed by atoms with van der Waals surface area (Å²) in [5.41, 5.74) is 1.72. The number of hydrogen-bond donors (Lipinski definition) is 1. The molecule has 3 nitrogen and oxygen atoms in total. The van der Waals surface area contributed by atoms with Crippen molar-refractivity contribution in [2.45, 2.75) is 45.6 Å². The Morgan fingerprint density at radius 3 is 2.71 bits per heavy atom. The number of benzene rings is 1. The van der Waals surface area contributed by atoms with E-state index in [1.165, 1.54) is 37.7 Å². The van der Waals surface area contributed by atoms with Gasteiger partial charge in [-0.15, -0.1) is 0 Å². The standard InChI is InChI=1S/C17H24BrNO2/c1-17(5-3-2-4-6-17)12-19-11-13-9-14(18)16-15(10-13)20-7-8-21-16/h9-10,19H,2-8,11-12H2,1H3. The molecule has 0 amide bonds. The zero-order chi connectivity index (χ0) is 14.7. The van der Waals surface area contributed by atoms with Crippen LogP contribution in [0.3, 0.4) is 0 Å². The molecule has 0 unspecified atom stereocenters. The molecule has 1 aliphatic carbocycles. The summed E-state index contributed by atoms with van der Waals surface area (Å²) in [6, 6.07) is 4.22. The highest BCUT2D eigenvalue weighted by Crippen LogP contribution is 2.39. The molecule has 1 N–H and O–H groups in total. The van der Waals surface area contributed by atoms with Gasteiger partial charge in [-0.3, -0.25) is 0 Å². The van der Waals surface area contributed by atoms with Gasteiger partial charge < -0.3 is 14.8 Å². The van der Waals surface area contributed by atoms with Crippen LogP contribution in [0.15, 0.2) is 16.6 Å². The number of ether oxygens (including phenoxy) is 2. The summed E-state index contributed by atoms with van der Waals surface area (Å²) in [7, 11) is 0. The maximum Gasteiger partial charge on any atom is 0.175 e. The van der Waals surface area contributed by atoms with E-state index in [1.807, 2.05) is 0 Å². The minimum absolute atomic E-state index is 0.475. The Bertz CT molecular complexity index is 498. The fourth-order valence-electron chi connectivity index (χ4n) is 3.36. The van der Waals surface area contributed by atoms with Gasteiger partial charge in [0.2, 0.25) is 0 Å². The summed E-state index contributed by atoms with van der Waals surface area (Å²) in [6.45, 7) is 5.65. The van der Waals surface area contributed by atoms with E-state index in [0.29, 0.717) is 18.6 Å². The highest BCUT2D eigenvalue weighted by atomic mass is 79.9. The van der Waals surface area contributed by atoms with E-state index in [-0.39, 0.29) is 0 Å². The second kappa shape index (κ2) is 6.57. The van der Waals surface area contributed by atoms with Gasteiger partial charge in [0.15, 0.2) is 11.5 Å². The van der Waals surface area contributed by atoms with Gasteiger partial charge in [0, 0.05) is 13.1 Å². The maximum atomic E-state index is 5.68. The van der Waals surface area contributed by atoms with Crippen LogP contribution in [0, 0.1) is 5.41 Å². The first-order valence-electron chi connectivity index (χ1n) is 7.95. The molecular formula is C17H24BrNO2. The molecule has 0 bridgehead atoms. The van der Waals surface area contributed by atoms with Crippen molar-refractivity contribution >= 4 is 15.9 Å². The van der Waals surface area contributed by atoms with Crippen molar-refractivity contribution in [1.29, 1.82) is 0 Å². The molecule has 0 saturated heterocycles. The van der Waals surface area contributed by atoms with Crippen LogP contribution in [0.1, 0.15) is 44.6 Å². The summed E-state index contributed by atoms with van der Waals surface area (Å²) < 4.78 is 12.3. The van der Waals surface area contributed by atoms with Gasteiger partial charge in [-0.25, -0.2) is 0 Å². The third-order valence-corrected chi connectivity index (χ3v) is 5.19. The summed E-state index contributed by atoms with van der Waals surface area (Å²) >= 11 is 3.58. The quantitative estimate of drug-likeness (QED) is 0.876. The molecule has 1 fully saturated rings. The molecule has 21 heavy (non-hydrogen) atoms. The average molecular weight is 354 g/mol. The molecule has 0 aromatic heterocycles. The second-order valence-corrected chi connectivity index (χ2v) is 7.43. The zero-order valence-corrected chi connectivity index (χ0v) is 14.3. The molecule has 0 radical (unpaired) electrons. The molecule has 1 saturated carbocycles. The zero-order valence-electron chi connectivity index (χ0n) is 12.7. The van der Waals surface area contributed by atoms with Crippen molar-refractivity contribution in [1.82, 2.24) is 5.32 Å². The van der Waals surface area contributed by atoms with Crippen LogP contribution in [0.25, 0.3) is 0 Å². The lowest BCUT2D eigenvalue weighted by Crippen LogP contribution is -2.33. The monoisotopic (exact) mass is 353 g/mol. The highest BCUT2D eigenvalue weighted by Gasteiger charge is 2.26. The largest absolute Gasteiger partial charge is 0.486 e. The molecule has 0 spiro atoms. The summed E-state index contributed by atoms with van der Waals surface area (Å²) in [5, 5.41) is 3.63. The first-order chi connectivity index (χ1) is 10.2. The van der Waals surface area contributed by atoms with Crippen molar-refractivity contribution in [3.8, 4) is 11.5 Å². The van der Waals surface area contributed by atoms with E-state index in [4.69, 9.17) is 9.47 Å². The SMILES string of the molecule is CC1(CNCc2cc(Br)c3c(c2)OCCO3)CCCCC1. The number of rotatable bonds is 4. The van der Waals surface area contributed by atoms with Crippen LogP contribution < -0.4 is 14.8 Å². The fraction of sp³-hybridized carbons (Fsp3) is 0.647. The summed E-state index contributed by atoms with van der Waals surface area (Å²) in [5.74, 6) is 1.69. The minimum Gasteiger partial charge on any atom is -0.486 e. The molecule has 0 atom stereocenters. The number of hydrogen-bond acceptors (Lipinski definition) is 3. The van der Waals surface area contributed by atoms with E-state index in [9.17, 15) is 0 Å². The van der Waals surface area contributed by atoms with E-state index < -0.39 is 0 Å². The van der Waals surface area contributed by atoms with E-state index in [0.717, 1.165) is 29.1 Å². The number of halogens is 1. The smallest absolute Gasteiger partial charge is 0.175 e. The molecular weight excluding hydrogens is 330 g/mol. The van der Waals surface area contributed by atoms with Gasteiger partial charge in [0.05, 0.1) is 4.47 Å². The summed E-state index contributed by atoms with van der Waals surface area (Å²) in [6.07, 6.45) is 6.88. The first kappa shape index (κ1) is 15.2. The predicted molar refractivity (Wildman–Crippen MR) is 88.0 cm³/mol. The molecule has 4 heteroatoms. The Morgan fingerprint density at radius 1 is 1.14 bits per heavy atom. The van der Waals surface area contributed by atoms with E-state index in [1.54, 1.807) is 0 Å². The van der Waals surface area contributed by atoms with Crippen molar-refractivity contribution in [3.05, 3.63) is 22.2 Å². The lowest BCUT2D eigenvalue weighted by Gasteiger charge is -2.33. The van der Waals surface area contributed by atoms with Crippen LogP contribution in [0.4, 0.5) is 0 Å². The third-order valence-electron chi connectivity index (χ3n) is 4.60. The predicted octanol–water partition coefficient (Wildman–Crippen LogP) is 4.28. The van der Waals surface area contributed by atoms with E-state index >= 15 is 0 Å². The lowest BCUT2D eigenvalue weighted by molar-refractivity contribution is 0.170. The fourth-order valence-corrected chi connectivity index (χ4v) is 3.96. The molecule has 1 aromatic rings. The molecule has 116 valence electrons. The third kappa shape index (κ3) is 3.72. The lowest BCUT2D eigenvalue weighted by atomic mass is 9.76. The molecule has 1 heterocycles. The van der Waals surface area contributed by atoms with Gasteiger partial charge in [0.1, 0.15) is 13.2 Å². The van der Waals surface area contributed by atoms with Crippen molar-refractivity contribution in [2.75, 3.05) is 19.8 Å². The number of nitrogens with one attached hydrogen (secondary N) is 1. The van der Waals surface area contributed by atoms with Crippen LogP contribution >= 0.6 is 15.9 Å². The molecule has 1 aliphatic heterocycles. The minimum atomic E-state index is 0.475. The van der Waals surface area contributed by atoms with Crippen LogP contribution in [0.2, 0.25) is 0 Å². The number of fused-ring (bicyclic) bond motifs is 1. The maximum absolute atomic E-state index is 5.68. The Hall–Kier alpha value is -0.740. The van der Waals surface area contributed by atoms with Crippen LogP contribution in [0.5, 0.6) is 11.5 Å². The Kier molecular flexibility index (Phi) is 4.75. The first-order valence-corrected chi connectivity index (χ1v) is 8.74. The Morgan fingerprint density at radius 2 is 1.90 bits per heavy atom. The van der Waals surface area contributed by atoms with Crippen LogP contribution in [-0.2, 0) is 6.54 Å². The van der Waals surface area contributed by atoms with Gasteiger partial charge in [-0.2, -0.15) is 0 Å². The van der Waals surface area contributed by atoms with Gasteiger partial charge in [-0.05, 0) is 51.9 Å². The van der Waals surface area contributed by atoms with Crippen molar-refractivity contribution in [3.63, 3.8) is 0 Å². The molecule has 1 aromatic carbocycles. The normalized spacial score (nSPS) is 20.3. The second-order valence-electron chi connectivity index (χ2n) is 6.58. The Labute approximate surface area is 135 Å². The van der Waals surface area contributed by atoms with Gasteiger partial charge in [0.25, 0.3) is 0 Å². The highest BCUT2D eigenvalue weighted by molar-refractivity contribution is 9.10. The van der Waals surface area contributed by atoms with Crippen LogP contribution in [-0.4, -0.2) is 19.8 Å². The molecule has 2 aliphatic rings. The van der Waals surface area contributed by atoms with E-state index in [2.05, 4.69) is 40.3 Å². The average Bonchev–Trinajstić information content (AvgIpc) is 2.48. The van der Waals surface area contributed by atoms with Crippen molar-refractivity contribution < 1.29 is 9.47 Å². The Balaban J connectivity index is 1.59. The van der Waals surface area contributed by atoms with Gasteiger partial charge >= 0.3 is 0 Å². The summed E-state index contributed by atoms with van der Waals surface area (Å²) in [4.78, 5) is 0. The van der Waals surface area contributed by atoms with Crippen molar-refractivity contribution in [2.24, 2.45) is 5.41 Å². The molecule has 3 rings (SSSR count). The topological polar surface area (TPSA) is 30.5 Å². The van der Waals surface area contributed by atoms with Gasteiger partial charge in [-0.1, -0.05) is 26.2 Å².